The minimum Gasteiger partial charge on any atom is -0.665 e. The van der Waals surface area contributed by atoms with E-state index in [2.05, 4.69) is 50.3 Å². The second-order valence-corrected chi connectivity index (χ2v) is 6.27. The summed E-state index contributed by atoms with van der Waals surface area (Å²) in [7, 11) is 0. The molecule has 0 spiro atoms. The van der Waals surface area contributed by atoms with Gasteiger partial charge in [-0.25, -0.2) is 9.97 Å². The number of aromatic amines is 2. The van der Waals surface area contributed by atoms with E-state index >= 15 is 0 Å². The van der Waals surface area contributed by atoms with E-state index in [4.69, 9.17) is 39.6 Å². The normalized spacial score (nSPS) is 9.51. The third-order valence-corrected chi connectivity index (χ3v) is 4.04. The van der Waals surface area contributed by atoms with Gasteiger partial charge in [0.2, 0.25) is 0 Å². The zero-order valence-electron chi connectivity index (χ0n) is 18.7. The molecule has 8 bridgehead atoms. The summed E-state index contributed by atoms with van der Waals surface area (Å²) in [6.45, 7) is 2.00. The molecular weight excluding hydrogens is 651 g/mol. The maximum atomic E-state index is 8.24. The van der Waals surface area contributed by atoms with Crippen LogP contribution in [0.25, 0.3) is 46.4 Å². The van der Waals surface area contributed by atoms with E-state index in [1.165, 1.54) is 0 Å². The fraction of sp³-hybridized carbons (Fsp3) is 0. The number of H-pyrrole nitrogens is 2. The Morgan fingerprint density at radius 2 is 0.730 bits per heavy atom. The van der Waals surface area contributed by atoms with Gasteiger partial charge in [-0.05, 0) is 72.8 Å². The van der Waals surface area contributed by atoms with Gasteiger partial charge in [0.25, 0.3) is 0 Å². The first kappa shape index (κ1) is 32.4. The van der Waals surface area contributed by atoms with Crippen LogP contribution in [0.3, 0.4) is 0 Å². The Labute approximate surface area is 228 Å². The van der Waals surface area contributed by atoms with E-state index in [1.807, 2.05) is 42.5 Å². The number of aromatic nitrogens is 4. The Hall–Kier alpha value is -4.65. The van der Waals surface area contributed by atoms with E-state index in [9.17, 15) is 0 Å². The van der Waals surface area contributed by atoms with Crippen molar-refractivity contribution in [1.82, 2.24) is 19.9 Å². The molecule has 0 aliphatic carbocycles. The van der Waals surface area contributed by atoms with Gasteiger partial charge < -0.3 is 49.6 Å². The van der Waals surface area contributed by atoms with Gasteiger partial charge in [-0.15, -0.1) is 0 Å². The Bertz CT molecular complexity index is 1270. The molecule has 186 valence electrons. The molecule has 13 heteroatoms. The molecule has 37 heavy (non-hydrogen) atoms. The van der Waals surface area contributed by atoms with Crippen LogP contribution in [0.15, 0.2) is 48.5 Å². The first-order valence-corrected chi connectivity index (χ1v) is 9.56. The minimum absolute atomic E-state index is 0. The first-order valence-electron chi connectivity index (χ1n) is 9.56. The number of nitrogens with one attached hydrogen (secondary N) is 2. The molecule has 5 rings (SSSR count). The molecule has 2 aliphatic rings. The molecule has 0 saturated heterocycles. The van der Waals surface area contributed by atoms with Crippen molar-refractivity contribution < 1.29 is 65.4 Å². The van der Waals surface area contributed by atoms with Crippen molar-refractivity contribution in [3.63, 3.8) is 0 Å². The molecular formula is C24H18HfN4O8. The predicted octanol–water partition coefficient (Wildman–Crippen LogP) is 3.10. The molecule has 12 nitrogen and oxygen atoms in total. The van der Waals surface area contributed by atoms with Crippen molar-refractivity contribution in [2.24, 2.45) is 0 Å². The van der Waals surface area contributed by atoms with Gasteiger partial charge >= 0.3 is 25.8 Å². The molecule has 0 aromatic carbocycles. The van der Waals surface area contributed by atoms with Gasteiger partial charge in [-0.1, -0.05) is 25.9 Å². The summed E-state index contributed by atoms with van der Waals surface area (Å²) in [5, 5.41) is 27.1. The summed E-state index contributed by atoms with van der Waals surface area (Å²) in [6.07, 6.45) is 8.05. The van der Waals surface area contributed by atoms with Crippen molar-refractivity contribution in [1.29, 1.82) is 0 Å². The second kappa shape index (κ2) is 18.6. The third kappa shape index (κ3) is 12.0. The van der Waals surface area contributed by atoms with Crippen molar-refractivity contribution in [3.8, 4) is 0 Å². The Kier molecular flexibility index (Phi) is 16.3. The fourth-order valence-corrected chi connectivity index (χ4v) is 2.94. The fourth-order valence-electron chi connectivity index (χ4n) is 2.94. The van der Waals surface area contributed by atoms with Crippen molar-refractivity contribution in [2.45, 2.75) is 0 Å². The summed E-state index contributed by atoms with van der Waals surface area (Å²) < 4.78 is 0. The summed E-state index contributed by atoms with van der Waals surface area (Å²) in [5.41, 5.74) is 7.86. The number of aliphatic hydroxyl groups excluding tert-OH is 4. The van der Waals surface area contributed by atoms with Gasteiger partial charge in [0.05, 0.1) is 22.8 Å². The molecule has 0 saturated carbocycles. The van der Waals surface area contributed by atoms with Crippen LogP contribution in [-0.4, -0.2) is 66.3 Å². The SMILES string of the molecule is C1=Cc2cc3ccc(cc4ccc(cc5nc(cc1n2)C=C5)[nH]4)[nH]3.O=[C-]O.O=[C-]O.O=[C-]O.O=[C-]O.[Hf+4]. The van der Waals surface area contributed by atoms with Crippen LogP contribution in [0, 0.1) is 0 Å². The summed E-state index contributed by atoms with van der Waals surface area (Å²) in [4.78, 5) is 49.0. The third-order valence-electron chi connectivity index (χ3n) is 4.04. The number of nitrogens with zero attached hydrogens (tertiary/aromatic N) is 2. The zero-order chi connectivity index (χ0) is 26.8. The monoisotopic (exact) mass is 670 g/mol. The molecule has 5 heterocycles. The molecule has 0 atom stereocenters. The molecule has 6 N–H and O–H groups in total. The van der Waals surface area contributed by atoms with Crippen LogP contribution >= 0.6 is 0 Å². The number of hydrogen-bond donors (Lipinski definition) is 6. The average molecular weight is 669 g/mol. The van der Waals surface area contributed by atoms with Gasteiger partial charge in [-0.2, -0.15) is 0 Å². The molecule has 2 aliphatic heterocycles. The van der Waals surface area contributed by atoms with Crippen molar-refractivity contribution in [2.75, 3.05) is 0 Å². The minimum atomic E-state index is 0. The maximum Gasteiger partial charge on any atom is 4.00 e. The summed E-state index contributed by atoms with van der Waals surface area (Å²) in [5.74, 6) is 0. The van der Waals surface area contributed by atoms with Crippen LogP contribution in [0.4, 0.5) is 0 Å². The van der Waals surface area contributed by atoms with E-state index in [0.29, 0.717) is 25.9 Å². The topological polar surface area (TPSA) is 207 Å². The van der Waals surface area contributed by atoms with Crippen LogP contribution in [0.2, 0.25) is 0 Å². The van der Waals surface area contributed by atoms with Crippen LogP contribution < -0.4 is 0 Å². The first-order chi connectivity index (χ1) is 17.5. The van der Waals surface area contributed by atoms with Crippen LogP contribution in [0.5, 0.6) is 0 Å². The smallest absolute Gasteiger partial charge is 0.665 e. The largest absolute Gasteiger partial charge is 4.00 e. The van der Waals surface area contributed by atoms with Crippen molar-refractivity contribution >= 4 is 72.3 Å². The predicted molar refractivity (Wildman–Crippen MR) is 132 cm³/mol. The van der Waals surface area contributed by atoms with E-state index in [1.54, 1.807) is 0 Å². The molecule has 0 unspecified atom stereocenters. The molecule has 3 aromatic rings. The number of hydrogen-bond acceptors (Lipinski definition) is 6. The average Bonchev–Trinajstić information content (AvgIpc) is 3.62. The molecule has 0 fully saturated rings. The van der Waals surface area contributed by atoms with Crippen LogP contribution in [0.1, 0.15) is 22.8 Å². The van der Waals surface area contributed by atoms with Crippen LogP contribution in [-0.2, 0) is 45.0 Å². The Morgan fingerprint density at radius 3 is 1.03 bits per heavy atom. The number of fused-ring (bicyclic) bond motifs is 8. The Balaban J connectivity index is 0.000000860. The van der Waals surface area contributed by atoms with E-state index in [0.717, 1.165) is 44.8 Å². The van der Waals surface area contributed by atoms with Gasteiger partial charge in [0.1, 0.15) is 0 Å². The van der Waals surface area contributed by atoms with Gasteiger partial charge in [-0.3, -0.25) is 0 Å². The van der Waals surface area contributed by atoms with E-state index < -0.39 is 0 Å². The zero-order valence-corrected chi connectivity index (χ0v) is 22.3. The summed E-state index contributed by atoms with van der Waals surface area (Å²) in [6, 6.07) is 16.4. The standard InChI is InChI=1S/C20H14N4.4CHO2.Hf/c1-2-14-10-16-5-6-18(23-16)12-20-8-7-19(24-20)11-17-4-3-15(22-17)9-13(1)21-14;4*2-1-3;/h1-12,21-22H;4*(H,2,3);/q;4*-1;+4. The Morgan fingerprint density at radius 1 is 0.486 bits per heavy atom. The summed E-state index contributed by atoms with van der Waals surface area (Å²) >= 11 is 0. The van der Waals surface area contributed by atoms with Gasteiger partial charge in [0, 0.05) is 22.1 Å². The maximum absolute atomic E-state index is 8.24. The second-order valence-electron chi connectivity index (χ2n) is 6.27. The molecule has 0 radical (unpaired) electrons. The van der Waals surface area contributed by atoms with Crippen molar-refractivity contribution in [3.05, 3.63) is 71.3 Å². The van der Waals surface area contributed by atoms with Gasteiger partial charge in [0.15, 0.2) is 0 Å². The van der Waals surface area contributed by atoms with E-state index in [-0.39, 0.29) is 25.8 Å². The quantitative estimate of drug-likeness (QED) is 0.105. The molecule has 3 aromatic heterocycles. The number of rotatable bonds is 0. The molecule has 0 amide bonds.